The Bertz CT molecular complexity index is 1630. The lowest BCUT2D eigenvalue weighted by molar-refractivity contribution is -0.146. The normalized spacial score (nSPS) is 21.6. The van der Waals surface area contributed by atoms with Crippen LogP contribution in [-0.4, -0.2) is 93.5 Å². The number of ketones is 1. The standard InChI is InChI=1S/C24H41N5O5.C11H9NO2.C6H12.C3H8/c1-13(25)20(31)28-19(24(2,3)4)23(34)29-16-8-6-5-7-14(16)11-17(29)21(32)26-12-18(30)22(33)27-15-9-10-15;1-7(14)8-2-3-11-9(4-8)5-10(6-13)12-11;1-2-4-6-5-3-1;1-3-2/h13-19,30H,5-12,25H2,1-4H3,(H,26,32)(H,27,33)(H,28,31);2-6,12H,1H3;1-6H2;3H2,1-2H3/t13?,14?,16-,17?,18?,19?;;;/m0.../s1. The van der Waals surface area contributed by atoms with Gasteiger partial charge in [-0.05, 0) is 81.5 Å². The third kappa shape index (κ3) is 14.7. The molecule has 2 aromatic rings. The molecule has 1 aromatic carbocycles. The topological polar surface area (TPSA) is 204 Å². The molecule has 7 N–H and O–H groups in total. The van der Waals surface area contributed by atoms with Gasteiger partial charge in [0.25, 0.3) is 5.91 Å². The monoisotopic (exact) mass is 795 g/mol. The molecule has 3 saturated carbocycles. The number of aldehydes is 1. The molecule has 4 fully saturated rings. The molecule has 6 atom stereocenters. The summed E-state index contributed by atoms with van der Waals surface area (Å²) < 4.78 is 0. The van der Waals surface area contributed by atoms with Gasteiger partial charge in [0.2, 0.25) is 17.7 Å². The number of aromatic amines is 1. The second-order valence-corrected chi connectivity index (χ2v) is 17.3. The fourth-order valence-corrected chi connectivity index (χ4v) is 7.51. The van der Waals surface area contributed by atoms with E-state index >= 15 is 0 Å². The highest BCUT2D eigenvalue weighted by molar-refractivity contribution is 5.99. The number of likely N-dealkylation sites (tertiary alicyclic amines) is 1. The van der Waals surface area contributed by atoms with E-state index in [1.54, 1.807) is 36.1 Å². The second-order valence-electron chi connectivity index (χ2n) is 17.3. The largest absolute Gasteiger partial charge is 0.381 e. The molecular weight excluding hydrogens is 725 g/mol. The maximum atomic E-state index is 13.9. The van der Waals surface area contributed by atoms with Crippen LogP contribution >= 0.6 is 0 Å². The van der Waals surface area contributed by atoms with Crippen molar-refractivity contribution < 1.29 is 33.9 Å². The van der Waals surface area contributed by atoms with Gasteiger partial charge in [0.05, 0.1) is 18.3 Å². The highest BCUT2D eigenvalue weighted by Gasteiger charge is 2.50. The van der Waals surface area contributed by atoms with Gasteiger partial charge in [-0.1, -0.05) is 92.4 Å². The lowest BCUT2D eigenvalue weighted by Crippen LogP contribution is -2.61. The summed E-state index contributed by atoms with van der Waals surface area (Å²) in [6.45, 7) is 12.7. The Hall–Kier alpha value is -4.10. The van der Waals surface area contributed by atoms with Gasteiger partial charge in [0.15, 0.2) is 12.1 Å². The van der Waals surface area contributed by atoms with Gasteiger partial charge in [0.1, 0.15) is 18.2 Å². The minimum Gasteiger partial charge on any atom is -0.381 e. The van der Waals surface area contributed by atoms with Crippen molar-refractivity contribution in [2.24, 2.45) is 17.1 Å². The quantitative estimate of drug-likeness (QED) is 0.129. The van der Waals surface area contributed by atoms with Crippen LogP contribution in [0.3, 0.4) is 0 Å². The van der Waals surface area contributed by atoms with Crippen molar-refractivity contribution in [1.29, 1.82) is 0 Å². The zero-order valence-electron chi connectivity index (χ0n) is 35.5. The number of hydrogen-bond donors (Lipinski definition) is 6. The summed E-state index contributed by atoms with van der Waals surface area (Å²) in [4.78, 5) is 77.7. The van der Waals surface area contributed by atoms with E-state index in [2.05, 4.69) is 34.8 Å². The molecule has 5 unspecified atom stereocenters. The predicted molar refractivity (Wildman–Crippen MR) is 224 cm³/mol. The molecule has 6 rings (SSSR count). The van der Waals surface area contributed by atoms with Crippen LogP contribution in [0.25, 0.3) is 10.9 Å². The molecular formula is C44H70N6O7. The van der Waals surface area contributed by atoms with Crippen LogP contribution < -0.4 is 21.7 Å². The van der Waals surface area contributed by atoms with E-state index < -0.39 is 41.5 Å². The van der Waals surface area contributed by atoms with Crippen molar-refractivity contribution in [2.45, 2.75) is 175 Å². The Kier molecular flexibility index (Phi) is 18.9. The van der Waals surface area contributed by atoms with Crippen LogP contribution in [0.15, 0.2) is 24.3 Å². The number of aliphatic hydroxyl groups excluding tert-OH is 1. The van der Waals surface area contributed by atoms with Gasteiger partial charge in [-0.25, -0.2) is 0 Å². The van der Waals surface area contributed by atoms with Crippen LogP contribution in [0, 0.1) is 11.3 Å². The van der Waals surface area contributed by atoms with Crippen molar-refractivity contribution in [3.8, 4) is 0 Å². The van der Waals surface area contributed by atoms with Gasteiger partial charge in [-0.15, -0.1) is 0 Å². The summed E-state index contributed by atoms with van der Waals surface area (Å²) in [7, 11) is 0. The average Bonchev–Trinajstić information content (AvgIpc) is 3.76. The predicted octanol–water partition coefficient (Wildman–Crippen LogP) is 5.72. The Morgan fingerprint density at radius 1 is 0.930 bits per heavy atom. The number of aliphatic hydroxyl groups is 1. The molecule has 13 nitrogen and oxygen atoms in total. The molecule has 4 amide bonds. The number of carbonyl (C=O) groups excluding carboxylic acids is 6. The van der Waals surface area contributed by atoms with Crippen molar-refractivity contribution in [3.63, 3.8) is 0 Å². The Morgan fingerprint density at radius 2 is 1.53 bits per heavy atom. The van der Waals surface area contributed by atoms with Crippen molar-refractivity contribution in [2.75, 3.05) is 6.54 Å². The summed E-state index contributed by atoms with van der Waals surface area (Å²) in [5.41, 5.74) is 7.20. The van der Waals surface area contributed by atoms with Crippen LogP contribution in [-0.2, 0) is 19.2 Å². The average molecular weight is 795 g/mol. The van der Waals surface area contributed by atoms with Crippen LogP contribution in [0.4, 0.5) is 0 Å². The summed E-state index contributed by atoms with van der Waals surface area (Å²) in [6.07, 6.45) is 15.8. The lowest BCUT2D eigenvalue weighted by atomic mass is 9.83. The first-order valence-electron chi connectivity index (χ1n) is 21.2. The number of hydrogen-bond acceptors (Lipinski definition) is 8. The Balaban J connectivity index is 0.000000305. The smallest absolute Gasteiger partial charge is 0.250 e. The van der Waals surface area contributed by atoms with Crippen molar-refractivity contribution in [1.82, 2.24) is 25.8 Å². The SMILES string of the molecule is C1CCCCC1.CC(=O)c1ccc2[nH]c(C=O)cc2c1.CC(N)C(=O)NC(C(=O)N1C(C(=O)NCC(O)C(=O)NC2CC2)CC2CCCC[C@@H]21)C(C)(C)C.CCC. The zero-order chi connectivity index (χ0) is 42.3. The summed E-state index contributed by atoms with van der Waals surface area (Å²) in [5.74, 6) is -1.35. The number of benzene rings is 1. The number of aromatic nitrogens is 1. The number of rotatable bonds is 10. The van der Waals surface area contributed by atoms with E-state index in [1.807, 2.05) is 20.8 Å². The number of nitrogens with one attached hydrogen (secondary N) is 4. The van der Waals surface area contributed by atoms with E-state index in [0.717, 1.165) is 55.7 Å². The maximum absolute atomic E-state index is 13.9. The zero-order valence-corrected chi connectivity index (χ0v) is 35.5. The summed E-state index contributed by atoms with van der Waals surface area (Å²) in [5, 5.41) is 19.2. The number of H-pyrrole nitrogens is 1. The second kappa shape index (κ2) is 22.7. The van der Waals surface area contributed by atoms with Gasteiger partial charge < -0.3 is 36.7 Å². The van der Waals surface area contributed by atoms with Crippen molar-refractivity contribution in [3.05, 3.63) is 35.5 Å². The third-order valence-electron chi connectivity index (χ3n) is 10.8. The molecule has 0 spiro atoms. The van der Waals surface area contributed by atoms with E-state index in [9.17, 15) is 33.9 Å². The number of carbonyl (C=O) groups is 6. The molecule has 13 heteroatoms. The maximum Gasteiger partial charge on any atom is 0.250 e. The van der Waals surface area contributed by atoms with E-state index in [-0.39, 0.29) is 42.1 Å². The van der Waals surface area contributed by atoms with E-state index in [4.69, 9.17) is 5.73 Å². The van der Waals surface area contributed by atoms with Gasteiger partial charge in [-0.3, -0.25) is 28.8 Å². The highest BCUT2D eigenvalue weighted by atomic mass is 16.3. The molecule has 0 radical (unpaired) electrons. The van der Waals surface area contributed by atoms with Crippen LogP contribution in [0.5, 0.6) is 0 Å². The number of nitrogens with zero attached hydrogens (tertiary/aromatic N) is 1. The van der Waals surface area contributed by atoms with Crippen LogP contribution in [0.2, 0.25) is 0 Å². The number of amides is 4. The fraction of sp³-hybridized carbons (Fsp3) is 0.682. The molecule has 1 saturated heterocycles. The van der Waals surface area contributed by atoms with Gasteiger partial charge in [-0.2, -0.15) is 0 Å². The minimum absolute atomic E-state index is 0.0285. The summed E-state index contributed by atoms with van der Waals surface area (Å²) >= 11 is 0. The van der Waals surface area contributed by atoms with Crippen molar-refractivity contribution >= 4 is 46.6 Å². The first kappa shape index (κ1) is 47.3. The summed E-state index contributed by atoms with van der Waals surface area (Å²) in [6, 6.07) is 4.79. The molecule has 2 heterocycles. The number of nitrogens with two attached hydrogens (primary N) is 1. The van der Waals surface area contributed by atoms with E-state index in [0.29, 0.717) is 17.7 Å². The Morgan fingerprint density at radius 3 is 2.05 bits per heavy atom. The number of Topliss-reactive ketones (excluding diaryl/α,β-unsaturated/α-hetero) is 1. The molecule has 3 aliphatic carbocycles. The highest BCUT2D eigenvalue weighted by Crippen LogP contribution is 2.41. The number of fused-ring (bicyclic) bond motifs is 2. The first-order valence-corrected chi connectivity index (χ1v) is 21.2. The molecule has 1 aliphatic heterocycles. The molecule has 0 bridgehead atoms. The van der Waals surface area contributed by atoms with Gasteiger partial charge in [0, 0.05) is 28.6 Å². The third-order valence-corrected chi connectivity index (χ3v) is 10.8. The minimum atomic E-state index is -1.34. The first-order chi connectivity index (χ1) is 27.0. The molecule has 1 aromatic heterocycles. The fourth-order valence-electron chi connectivity index (χ4n) is 7.51. The van der Waals surface area contributed by atoms with Crippen LogP contribution in [0.1, 0.15) is 159 Å². The molecule has 57 heavy (non-hydrogen) atoms. The van der Waals surface area contributed by atoms with E-state index in [1.165, 1.54) is 51.9 Å². The Labute approximate surface area is 339 Å². The molecule has 4 aliphatic rings. The molecule has 318 valence electrons. The lowest BCUT2D eigenvalue weighted by Gasteiger charge is -2.39. The van der Waals surface area contributed by atoms with Gasteiger partial charge >= 0.3 is 0 Å².